The molecule has 11 heavy (non-hydrogen) atoms. The van der Waals surface area contributed by atoms with Crippen molar-refractivity contribution in [3.8, 4) is 0 Å². The van der Waals surface area contributed by atoms with E-state index in [1.54, 1.807) is 0 Å². The van der Waals surface area contributed by atoms with Gasteiger partial charge in [-0.15, -0.1) is 0 Å². The van der Waals surface area contributed by atoms with E-state index in [2.05, 4.69) is 11.2 Å². The summed E-state index contributed by atoms with van der Waals surface area (Å²) in [5, 5.41) is 10.6. The molecule has 1 heterocycles. The molecule has 0 saturated heterocycles. The van der Waals surface area contributed by atoms with Crippen molar-refractivity contribution in [1.29, 1.82) is 0 Å². The molecular weight excluding hydrogens is 164 g/mol. The van der Waals surface area contributed by atoms with Crippen molar-refractivity contribution in [2.24, 2.45) is 0 Å². The molecule has 0 aliphatic heterocycles. The monoisotopic (exact) mass is 169 g/mol. The molecule has 57 valence electrons. The van der Waals surface area contributed by atoms with E-state index in [9.17, 15) is 10.1 Å². The topological polar surface area (TPSA) is 56.0 Å². The number of hydrogen-bond donors (Lipinski definition) is 0. The van der Waals surface area contributed by atoms with Crippen molar-refractivity contribution in [1.82, 2.24) is 4.98 Å². The Morgan fingerprint density at radius 1 is 1.73 bits per heavy atom. The van der Waals surface area contributed by atoms with Gasteiger partial charge in [0, 0.05) is 18.5 Å². The highest BCUT2D eigenvalue weighted by Gasteiger charge is 2.11. The number of nitro groups is 1. The molecule has 0 fully saturated rings. The van der Waals surface area contributed by atoms with Gasteiger partial charge in [0.05, 0.1) is 4.92 Å². The molecule has 0 aromatic carbocycles. The first kappa shape index (κ1) is 8.00. The third-order valence-corrected chi connectivity index (χ3v) is 1.67. The Balaban J connectivity index is 3.12. The van der Waals surface area contributed by atoms with Crippen LogP contribution in [0.5, 0.6) is 0 Å². The SMILES string of the molecule is [CH2]Sc1ncccc1[N+](=O)[O-]. The summed E-state index contributed by atoms with van der Waals surface area (Å²) in [4.78, 5) is 13.6. The first-order valence-electron chi connectivity index (χ1n) is 2.77. The summed E-state index contributed by atoms with van der Waals surface area (Å²) >= 11 is 1.02. The number of aromatic nitrogens is 1. The lowest BCUT2D eigenvalue weighted by molar-refractivity contribution is -0.388. The van der Waals surface area contributed by atoms with Gasteiger partial charge in [-0.1, -0.05) is 11.8 Å². The molecule has 0 unspecified atom stereocenters. The summed E-state index contributed by atoms with van der Waals surface area (Å²) < 4.78 is 0. The lowest BCUT2D eigenvalue weighted by atomic mass is 10.4. The van der Waals surface area contributed by atoms with Gasteiger partial charge in [-0.25, -0.2) is 4.98 Å². The average molecular weight is 169 g/mol. The summed E-state index contributed by atoms with van der Waals surface area (Å²) in [5.41, 5.74) is 0.00694. The van der Waals surface area contributed by atoms with Crippen LogP contribution < -0.4 is 0 Å². The Bertz CT molecular complexity index is 277. The molecule has 1 radical (unpaired) electrons. The minimum Gasteiger partial charge on any atom is -0.258 e. The number of pyridine rings is 1. The third-order valence-electron chi connectivity index (χ3n) is 1.08. The Kier molecular flexibility index (Phi) is 2.43. The molecular formula is C6H5N2O2S. The van der Waals surface area contributed by atoms with Crippen LogP contribution in [0, 0.1) is 16.4 Å². The van der Waals surface area contributed by atoms with Gasteiger partial charge in [0.1, 0.15) is 0 Å². The lowest BCUT2D eigenvalue weighted by Crippen LogP contribution is -1.91. The number of hydrogen-bond acceptors (Lipinski definition) is 4. The lowest BCUT2D eigenvalue weighted by Gasteiger charge is -1.94. The maximum Gasteiger partial charge on any atom is 0.301 e. The number of rotatable bonds is 2. The van der Waals surface area contributed by atoms with Crippen LogP contribution in [0.25, 0.3) is 0 Å². The molecule has 0 saturated carbocycles. The molecule has 4 nitrogen and oxygen atoms in total. The average Bonchev–Trinajstić information content (AvgIpc) is 2.04. The fourth-order valence-electron chi connectivity index (χ4n) is 0.632. The number of thioether (sulfide) groups is 1. The minimum atomic E-state index is -0.472. The fraction of sp³-hybridized carbons (Fsp3) is 0. The Morgan fingerprint density at radius 2 is 2.45 bits per heavy atom. The maximum absolute atomic E-state index is 10.3. The normalized spacial score (nSPS) is 9.55. The Morgan fingerprint density at radius 3 is 2.91 bits per heavy atom. The van der Waals surface area contributed by atoms with Gasteiger partial charge in [-0.05, 0) is 6.07 Å². The fourth-order valence-corrected chi connectivity index (χ4v) is 1.06. The molecule has 1 aromatic heterocycles. The summed E-state index contributed by atoms with van der Waals surface area (Å²) in [6.45, 7) is 0. The highest BCUT2D eigenvalue weighted by atomic mass is 32.2. The van der Waals surface area contributed by atoms with E-state index in [0.29, 0.717) is 5.03 Å². The molecule has 0 aliphatic rings. The smallest absolute Gasteiger partial charge is 0.258 e. The third kappa shape index (κ3) is 1.68. The molecule has 1 aromatic rings. The van der Waals surface area contributed by atoms with Gasteiger partial charge in [0.2, 0.25) is 0 Å². The van der Waals surface area contributed by atoms with Crippen LogP contribution in [-0.4, -0.2) is 9.91 Å². The van der Waals surface area contributed by atoms with Crippen LogP contribution >= 0.6 is 11.8 Å². The Hall–Kier alpha value is -1.10. The molecule has 0 bridgehead atoms. The van der Waals surface area contributed by atoms with Crippen molar-refractivity contribution >= 4 is 17.4 Å². The van der Waals surface area contributed by atoms with Gasteiger partial charge < -0.3 is 0 Å². The van der Waals surface area contributed by atoms with Crippen LogP contribution in [-0.2, 0) is 0 Å². The molecule has 0 aliphatic carbocycles. The highest BCUT2D eigenvalue weighted by Crippen LogP contribution is 2.24. The quantitative estimate of drug-likeness (QED) is 0.385. The zero-order valence-corrected chi connectivity index (χ0v) is 6.37. The first-order valence-corrected chi connectivity index (χ1v) is 3.75. The predicted molar refractivity (Wildman–Crippen MR) is 42.1 cm³/mol. The van der Waals surface area contributed by atoms with Crippen molar-refractivity contribution in [2.45, 2.75) is 5.03 Å². The van der Waals surface area contributed by atoms with Crippen molar-refractivity contribution in [2.75, 3.05) is 0 Å². The molecule has 5 heteroatoms. The maximum atomic E-state index is 10.3. The van der Waals surface area contributed by atoms with Crippen molar-refractivity contribution in [3.63, 3.8) is 0 Å². The van der Waals surface area contributed by atoms with E-state index in [1.165, 1.54) is 18.3 Å². The number of nitrogens with zero attached hydrogens (tertiary/aromatic N) is 2. The molecule has 0 atom stereocenters. The second kappa shape index (κ2) is 3.34. The van der Waals surface area contributed by atoms with E-state index < -0.39 is 4.92 Å². The van der Waals surface area contributed by atoms with Gasteiger partial charge in [-0.3, -0.25) is 10.1 Å². The summed E-state index contributed by atoms with van der Waals surface area (Å²) in [6.07, 6.45) is 4.95. The van der Waals surface area contributed by atoms with Gasteiger partial charge in [0.15, 0.2) is 5.03 Å². The summed E-state index contributed by atoms with van der Waals surface area (Å²) in [5.74, 6) is 0. The van der Waals surface area contributed by atoms with E-state index >= 15 is 0 Å². The van der Waals surface area contributed by atoms with E-state index in [-0.39, 0.29) is 5.69 Å². The summed E-state index contributed by atoms with van der Waals surface area (Å²) in [6, 6.07) is 2.93. The van der Waals surface area contributed by atoms with Crippen LogP contribution in [0.2, 0.25) is 0 Å². The van der Waals surface area contributed by atoms with Crippen LogP contribution in [0.4, 0.5) is 5.69 Å². The van der Waals surface area contributed by atoms with Crippen molar-refractivity contribution in [3.05, 3.63) is 34.7 Å². The minimum absolute atomic E-state index is 0.00694. The van der Waals surface area contributed by atoms with Crippen molar-refractivity contribution < 1.29 is 4.92 Å². The zero-order valence-electron chi connectivity index (χ0n) is 5.56. The van der Waals surface area contributed by atoms with Crippen LogP contribution in [0.15, 0.2) is 23.4 Å². The van der Waals surface area contributed by atoms with Crippen LogP contribution in [0.1, 0.15) is 0 Å². The Labute approximate surface area is 67.8 Å². The van der Waals surface area contributed by atoms with Gasteiger partial charge >= 0.3 is 5.69 Å². The molecule has 0 amide bonds. The molecule has 1 rings (SSSR count). The van der Waals surface area contributed by atoms with Gasteiger partial charge in [0.25, 0.3) is 0 Å². The molecule has 0 N–H and O–H groups in total. The van der Waals surface area contributed by atoms with E-state index in [4.69, 9.17) is 0 Å². The van der Waals surface area contributed by atoms with E-state index in [0.717, 1.165) is 11.8 Å². The van der Waals surface area contributed by atoms with E-state index in [1.807, 2.05) is 0 Å². The summed E-state index contributed by atoms with van der Waals surface area (Å²) in [7, 11) is 0. The highest BCUT2D eigenvalue weighted by molar-refractivity contribution is 8.00. The van der Waals surface area contributed by atoms with Crippen LogP contribution in [0.3, 0.4) is 0 Å². The first-order chi connectivity index (χ1) is 5.25. The standard InChI is InChI=1S/C6H5N2O2S/c1-11-6-5(8(9)10)3-2-4-7-6/h2-4H,1H2. The van der Waals surface area contributed by atoms with Gasteiger partial charge in [-0.2, -0.15) is 0 Å². The second-order valence-electron chi connectivity index (χ2n) is 1.73. The second-order valence-corrected chi connectivity index (χ2v) is 2.40. The largest absolute Gasteiger partial charge is 0.301 e. The predicted octanol–water partition coefficient (Wildman–Crippen LogP) is 1.87. The zero-order chi connectivity index (χ0) is 8.27. The molecule has 0 spiro atoms.